The molecule has 0 aliphatic carbocycles. The summed E-state index contributed by atoms with van der Waals surface area (Å²) in [5.74, 6) is 1.21. The number of rotatable bonds is 4. The van der Waals surface area contributed by atoms with Gasteiger partial charge in [0.15, 0.2) is 0 Å². The van der Waals surface area contributed by atoms with Gasteiger partial charge in [-0.3, -0.25) is 0 Å². The van der Waals surface area contributed by atoms with Gasteiger partial charge in [-0.05, 0) is 60.9 Å². The summed E-state index contributed by atoms with van der Waals surface area (Å²) >= 11 is 0. The van der Waals surface area contributed by atoms with Gasteiger partial charge in [0.1, 0.15) is 11.5 Å². The Morgan fingerprint density at radius 1 is 0.952 bits per heavy atom. The summed E-state index contributed by atoms with van der Waals surface area (Å²) < 4.78 is 10.4. The largest absolute Gasteiger partial charge is 0.466 e. The maximum absolute atomic E-state index is 11.0. The minimum Gasteiger partial charge on any atom is -0.466 e. The Labute approximate surface area is 124 Å². The van der Waals surface area contributed by atoms with Gasteiger partial charge >= 0.3 is 5.97 Å². The van der Waals surface area contributed by atoms with E-state index in [1.165, 1.54) is 24.3 Å². The van der Waals surface area contributed by atoms with Crippen LogP contribution in [0.3, 0.4) is 0 Å². The summed E-state index contributed by atoms with van der Waals surface area (Å²) in [7, 11) is 1.35. The van der Waals surface area contributed by atoms with E-state index in [0.29, 0.717) is 0 Å². The van der Waals surface area contributed by atoms with E-state index in [4.69, 9.17) is 4.74 Å². The lowest BCUT2D eigenvalue weighted by Crippen LogP contribution is -1.93. The van der Waals surface area contributed by atoms with E-state index >= 15 is 0 Å². The summed E-state index contributed by atoms with van der Waals surface area (Å²) in [6, 6.07) is 13.6. The summed E-state index contributed by atoms with van der Waals surface area (Å²) in [5, 5.41) is 0. The minimum atomic E-state index is -0.370. The van der Waals surface area contributed by atoms with Crippen molar-refractivity contribution in [2.75, 3.05) is 7.11 Å². The van der Waals surface area contributed by atoms with Gasteiger partial charge in [-0.25, -0.2) is 4.79 Å². The first-order valence-corrected chi connectivity index (χ1v) is 6.69. The van der Waals surface area contributed by atoms with Gasteiger partial charge in [0, 0.05) is 6.08 Å². The zero-order valence-corrected chi connectivity index (χ0v) is 12.4. The van der Waals surface area contributed by atoms with Crippen molar-refractivity contribution in [3.63, 3.8) is 0 Å². The lowest BCUT2D eigenvalue weighted by atomic mass is 10.1. The average Bonchev–Trinajstić information content (AvgIpc) is 2.45. The third-order valence-electron chi connectivity index (χ3n) is 2.92. The number of hydrogen-bond acceptors (Lipinski definition) is 3. The third-order valence-corrected chi connectivity index (χ3v) is 2.92. The molecule has 2 aromatic carbocycles. The monoisotopic (exact) mass is 282 g/mol. The lowest BCUT2D eigenvalue weighted by Gasteiger charge is -2.08. The quantitative estimate of drug-likeness (QED) is 0.620. The molecule has 108 valence electrons. The van der Waals surface area contributed by atoms with Crippen molar-refractivity contribution in [1.29, 1.82) is 0 Å². The molecule has 0 aliphatic rings. The lowest BCUT2D eigenvalue weighted by molar-refractivity contribution is -0.134. The van der Waals surface area contributed by atoms with E-state index in [1.54, 1.807) is 6.08 Å². The summed E-state index contributed by atoms with van der Waals surface area (Å²) in [6.45, 7) is 4.08. The maximum Gasteiger partial charge on any atom is 0.330 e. The van der Waals surface area contributed by atoms with Crippen molar-refractivity contribution in [3.05, 3.63) is 65.2 Å². The minimum absolute atomic E-state index is 0.370. The van der Waals surface area contributed by atoms with E-state index in [1.807, 2.05) is 50.2 Å². The molecule has 0 aromatic heterocycles. The standard InChI is InChI=1S/C18H18O3/c1-13-10-14(2)12-17(11-13)21-16-7-4-15(5-8-16)6-9-18(19)20-3/h4-12H,1-3H3. The number of esters is 1. The molecular formula is C18H18O3. The number of hydrogen-bond donors (Lipinski definition) is 0. The van der Waals surface area contributed by atoms with E-state index in [-0.39, 0.29) is 5.97 Å². The van der Waals surface area contributed by atoms with Crippen LogP contribution in [0.5, 0.6) is 11.5 Å². The second kappa shape index (κ2) is 6.75. The van der Waals surface area contributed by atoms with Crippen molar-refractivity contribution in [2.24, 2.45) is 0 Å². The first kappa shape index (κ1) is 14.9. The van der Waals surface area contributed by atoms with Crippen LogP contribution in [0.2, 0.25) is 0 Å². The van der Waals surface area contributed by atoms with Gasteiger partial charge in [-0.2, -0.15) is 0 Å². The van der Waals surface area contributed by atoms with Crippen LogP contribution in [-0.4, -0.2) is 13.1 Å². The first-order valence-electron chi connectivity index (χ1n) is 6.69. The molecule has 0 N–H and O–H groups in total. The van der Waals surface area contributed by atoms with E-state index < -0.39 is 0 Å². The topological polar surface area (TPSA) is 35.5 Å². The molecule has 0 saturated heterocycles. The molecule has 2 aromatic rings. The number of aryl methyl sites for hydroxylation is 2. The fraction of sp³-hybridized carbons (Fsp3) is 0.167. The molecule has 2 rings (SSSR count). The molecule has 0 saturated carbocycles. The second-order valence-electron chi connectivity index (χ2n) is 4.85. The molecule has 0 amide bonds. The van der Waals surface area contributed by atoms with Gasteiger partial charge in [-0.1, -0.05) is 18.2 Å². The highest BCUT2D eigenvalue weighted by atomic mass is 16.5. The van der Waals surface area contributed by atoms with Crippen molar-refractivity contribution in [3.8, 4) is 11.5 Å². The van der Waals surface area contributed by atoms with Crippen LogP contribution < -0.4 is 4.74 Å². The molecule has 3 nitrogen and oxygen atoms in total. The first-order chi connectivity index (χ1) is 10.1. The van der Waals surface area contributed by atoms with Crippen LogP contribution in [0.25, 0.3) is 6.08 Å². The van der Waals surface area contributed by atoms with E-state index in [0.717, 1.165) is 17.1 Å². The fourth-order valence-corrected chi connectivity index (χ4v) is 2.01. The van der Waals surface area contributed by atoms with Crippen LogP contribution in [0.1, 0.15) is 16.7 Å². The fourth-order valence-electron chi connectivity index (χ4n) is 2.01. The molecule has 0 spiro atoms. The zero-order chi connectivity index (χ0) is 15.2. The van der Waals surface area contributed by atoms with E-state index in [9.17, 15) is 4.79 Å². The molecule has 0 radical (unpaired) electrons. The highest BCUT2D eigenvalue weighted by Gasteiger charge is 2.00. The Kier molecular flexibility index (Phi) is 4.77. The van der Waals surface area contributed by atoms with Crippen molar-refractivity contribution < 1.29 is 14.3 Å². The average molecular weight is 282 g/mol. The van der Waals surface area contributed by atoms with Gasteiger partial charge in [0.05, 0.1) is 7.11 Å². The molecule has 0 aliphatic heterocycles. The SMILES string of the molecule is COC(=O)C=Cc1ccc(Oc2cc(C)cc(C)c2)cc1. The molecule has 21 heavy (non-hydrogen) atoms. The highest BCUT2D eigenvalue weighted by molar-refractivity contribution is 5.86. The Morgan fingerprint density at radius 3 is 2.14 bits per heavy atom. The Hall–Kier alpha value is -2.55. The Balaban J connectivity index is 2.08. The molecule has 0 unspecified atom stereocenters. The maximum atomic E-state index is 11.0. The smallest absolute Gasteiger partial charge is 0.330 e. The van der Waals surface area contributed by atoms with E-state index in [2.05, 4.69) is 10.8 Å². The Bertz CT molecular complexity index is 634. The molecule has 0 bridgehead atoms. The number of carbonyl (C=O) groups is 1. The Morgan fingerprint density at radius 2 is 1.57 bits per heavy atom. The van der Waals surface area contributed by atoms with Gasteiger partial charge in [-0.15, -0.1) is 0 Å². The molecule has 0 heterocycles. The highest BCUT2D eigenvalue weighted by Crippen LogP contribution is 2.24. The normalized spacial score (nSPS) is 10.6. The number of ether oxygens (including phenoxy) is 2. The van der Waals surface area contributed by atoms with Gasteiger partial charge < -0.3 is 9.47 Å². The van der Waals surface area contributed by atoms with Gasteiger partial charge in [0.25, 0.3) is 0 Å². The second-order valence-corrected chi connectivity index (χ2v) is 4.85. The van der Waals surface area contributed by atoms with Crippen molar-refractivity contribution >= 4 is 12.0 Å². The summed E-state index contributed by atoms with van der Waals surface area (Å²) in [6.07, 6.45) is 3.09. The number of methoxy groups -OCH3 is 1. The third kappa shape index (κ3) is 4.49. The molecular weight excluding hydrogens is 264 g/mol. The van der Waals surface area contributed by atoms with Crippen LogP contribution in [0, 0.1) is 13.8 Å². The molecule has 0 atom stereocenters. The number of benzene rings is 2. The van der Waals surface area contributed by atoms with Crippen molar-refractivity contribution in [1.82, 2.24) is 0 Å². The molecule has 0 fully saturated rings. The predicted molar refractivity (Wildman–Crippen MR) is 83.5 cm³/mol. The van der Waals surface area contributed by atoms with Crippen LogP contribution >= 0.6 is 0 Å². The zero-order valence-electron chi connectivity index (χ0n) is 12.4. The van der Waals surface area contributed by atoms with Crippen LogP contribution in [0.4, 0.5) is 0 Å². The van der Waals surface area contributed by atoms with Crippen molar-refractivity contribution in [2.45, 2.75) is 13.8 Å². The summed E-state index contributed by atoms with van der Waals surface area (Å²) in [5.41, 5.74) is 3.25. The predicted octanol–water partition coefficient (Wildman–Crippen LogP) is 4.28. The van der Waals surface area contributed by atoms with Gasteiger partial charge in [0.2, 0.25) is 0 Å². The summed E-state index contributed by atoms with van der Waals surface area (Å²) in [4.78, 5) is 11.0. The van der Waals surface area contributed by atoms with Crippen LogP contribution in [-0.2, 0) is 9.53 Å². The van der Waals surface area contributed by atoms with Crippen LogP contribution in [0.15, 0.2) is 48.5 Å². The molecule has 3 heteroatoms. The number of carbonyl (C=O) groups excluding carboxylic acids is 1.